The predicted molar refractivity (Wildman–Crippen MR) is 145 cm³/mol. The molecule has 2 atom stereocenters. The van der Waals surface area contributed by atoms with Gasteiger partial charge < -0.3 is 33.7 Å². The molecule has 1 N–H and O–H groups in total. The second-order valence-electron chi connectivity index (χ2n) is 9.30. The normalized spacial score (nSPS) is 18.7. The molecular weight excluding hydrogens is 502 g/mol. The molecule has 0 amide bonds. The molecule has 0 saturated heterocycles. The molecule has 1 aliphatic heterocycles. The highest BCUT2D eigenvalue weighted by Gasteiger charge is 2.43. The summed E-state index contributed by atoms with van der Waals surface area (Å²) in [6.07, 6.45) is 0.827. The van der Waals surface area contributed by atoms with Gasteiger partial charge in [-0.2, -0.15) is 0 Å². The van der Waals surface area contributed by atoms with E-state index in [1.165, 1.54) is 21.3 Å². The van der Waals surface area contributed by atoms with Crippen LogP contribution < -0.4 is 29.0 Å². The molecule has 2 aliphatic rings. The first-order valence-corrected chi connectivity index (χ1v) is 12.7. The van der Waals surface area contributed by atoms with Crippen molar-refractivity contribution in [2.45, 2.75) is 38.5 Å². The van der Waals surface area contributed by atoms with Crippen molar-refractivity contribution in [2.75, 3.05) is 42.2 Å². The van der Waals surface area contributed by atoms with Gasteiger partial charge in [-0.3, -0.25) is 4.79 Å². The summed E-state index contributed by atoms with van der Waals surface area (Å²) >= 11 is 0. The van der Waals surface area contributed by atoms with Crippen molar-refractivity contribution >= 4 is 11.8 Å². The van der Waals surface area contributed by atoms with Crippen LogP contribution in [0.2, 0.25) is 0 Å². The third-order valence-corrected chi connectivity index (χ3v) is 7.25. The molecule has 2 aromatic rings. The highest BCUT2D eigenvalue weighted by atomic mass is 16.5. The number of nitrogens with one attached hydrogen (secondary N) is 1. The number of ether oxygens (including phenoxy) is 6. The lowest BCUT2D eigenvalue weighted by atomic mass is 9.71. The maximum atomic E-state index is 14.0. The van der Waals surface area contributed by atoms with Crippen LogP contribution in [0, 0.1) is 0 Å². The number of carbonyl (C=O) groups excluding carboxylic acids is 2. The Bertz CT molecular complexity index is 1340. The van der Waals surface area contributed by atoms with Crippen molar-refractivity contribution in [2.24, 2.45) is 0 Å². The topological polar surface area (TPSA) is 102 Å². The number of rotatable bonds is 9. The van der Waals surface area contributed by atoms with E-state index in [-0.39, 0.29) is 24.7 Å². The minimum absolute atomic E-state index is 0.0697. The summed E-state index contributed by atoms with van der Waals surface area (Å²) in [4.78, 5) is 27.2. The number of ketones is 1. The average molecular weight is 538 g/mol. The van der Waals surface area contributed by atoms with E-state index in [9.17, 15) is 9.59 Å². The zero-order chi connectivity index (χ0) is 28.3. The van der Waals surface area contributed by atoms with Crippen molar-refractivity contribution in [1.29, 1.82) is 0 Å². The van der Waals surface area contributed by atoms with E-state index in [0.717, 1.165) is 11.3 Å². The van der Waals surface area contributed by atoms with E-state index >= 15 is 0 Å². The van der Waals surface area contributed by atoms with E-state index in [0.29, 0.717) is 57.6 Å². The Morgan fingerprint density at radius 3 is 2.08 bits per heavy atom. The zero-order valence-electron chi connectivity index (χ0n) is 23.4. The fourth-order valence-electron chi connectivity index (χ4n) is 5.45. The summed E-state index contributed by atoms with van der Waals surface area (Å²) in [6.45, 7) is 3.77. The number of allylic oxidation sites excluding steroid dienone is 3. The van der Waals surface area contributed by atoms with Gasteiger partial charge in [0, 0.05) is 35.0 Å². The number of methoxy groups -OCH3 is 5. The third kappa shape index (κ3) is 5.13. The van der Waals surface area contributed by atoms with Gasteiger partial charge in [0.1, 0.15) is 5.75 Å². The van der Waals surface area contributed by atoms with Crippen LogP contribution >= 0.6 is 0 Å². The quantitative estimate of drug-likeness (QED) is 0.458. The number of carbonyl (C=O) groups is 2. The van der Waals surface area contributed by atoms with Crippen molar-refractivity contribution in [3.05, 3.63) is 64.0 Å². The molecule has 1 aliphatic carbocycles. The third-order valence-electron chi connectivity index (χ3n) is 7.25. The highest BCUT2D eigenvalue weighted by Crippen LogP contribution is 2.50. The Labute approximate surface area is 228 Å². The van der Waals surface area contributed by atoms with Crippen molar-refractivity contribution < 1.29 is 38.0 Å². The van der Waals surface area contributed by atoms with Gasteiger partial charge in [-0.1, -0.05) is 6.07 Å². The second-order valence-corrected chi connectivity index (χ2v) is 9.30. The monoisotopic (exact) mass is 537 g/mol. The molecule has 0 unspecified atom stereocenters. The Morgan fingerprint density at radius 2 is 1.46 bits per heavy atom. The first kappa shape index (κ1) is 27.9. The fourth-order valence-corrected chi connectivity index (χ4v) is 5.45. The summed E-state index contributed by atoms with van der Waals surface area (Å²) in [5, 5.41) is 3.36. The van der Waals surface area contributed by atoms with Gasteiger partial charge in [-0.15, -0.1) is 0 Å². The summed E-state index contributed by atoms with van der Waals surface area (Å²) in [5.41, 5.74) is 3.84. The first-order chi connectivity index (χ1) is 18.8. The maximum Gasteiger partial charge on any atom is 0.336 e. The number of benzene rings is 2. The molecule has 1 heterocycles. The van der Waals surface area contributed by atoms with Gasteiger partial charge in [-0.05, 0) is 49.9 Å². The molecule has 0 fully saturated rings. The number of hydrogen-bond donors (Lipinski definition) is 1. The number of hydrogen-bond acceptors (Lipinski definition) is 9. The van der Waals surface area contributed by atoms with E-state index in [2.05, 4.69) is 5.32 Å². The standard InChI is InChI=1S/C30H35NO8/c1-8-39-30(33)27-16(2)31-20-11-18(17-9-10-22(34-3)24(13-17)36-5)12-21(32)29(20)28(27)19-14-25(37-6)26(38-7)15-23(19)35-4/h9-10,13-15,18,28,31H,8,11-12H2,1-7H3/t18-,28+/m0/s1. The lowest BCUT2D eigenvalue weighted by Crippen LogP contribution is -2.36. The molecule has 2 aromatic carbocycles. The van der Waals surface area contributed by atoms with Crippen molar-refractivity contribution in [3.8, 4) is 28.7 Å². The fraction of sp³-hybridized carbons (Fsp3) is 0.400. The maximum absolute atomic E-state index is 14.0. The molecule has 0 radical (unpaired) electrons. The summed E-state index contributed by atoms with van der Waals surface area (Å²) in [6, 6.07) is 9.17. The van der Waals surface area contributed by atoms with Crippen molar-refractivity contribution in [1.82, 2.24) is 5.32 Å². The van der Waals surface area contributed by atoms with Gasteiger partial charge in [0.05, 0.1) is 53.6 Å². The molecule has 9 heteroatoms. The first-order valence-electron chi connectivity index (χ1n) is 12.7. The number of Topliss-reactive ketones (excluding diaryl/α,β-unsaturated/α-hetero) is 1. The van der Waals surface area contributed by atoms with Gasteiger partial charge >= 0.3 is 5.97 Å². The van der Waals surface area contributed by atoms with Crippen LogP contribution in [-0.2, 0) is 14.3 Å². The molecule has 39 heavy (non-hydrogen) atoms. The van der Waals surface area contributed by atoms with Crippen LogP contribution in [0.5, 0.6) is 28.7 Å². The molecule has 0 bridgehead atoms. The van der Waals surface area contributed by atoms with E-state index in [4.69, 9.17) is 28.4 Å². The lowest BCUT2D eigenvalue weighted by Gasteiger charge is -2.37. The number of esters is 1. The Balaban J connectivity index is 1.87. The number of dihydropyridines is 1. The van der Waals surface area contributed by atoms with Gasteiger partial charge in [0.2, 0.25) is 0 Å². The van der Waals surface area contributed by atoms with E-state index in [1.54, 1.807) is 33.3 Å². The molecule has 9 nitrogen and oxygen atoms in total. The molecule has 0 saturated carbocycles. The SMILES string of the molecule is CCOC(=O)C1=C(C)NC2=C(C(=O)C[C@@H](c3ccc(OC)c(OC)c3)C2)[C@@H]1c1cc(OC)c(OC)cc1OC. The molecule has 208 valence electrons. The van der Waals surface area contributed by atoms with Gasteiger partial charge in [-0.25, -0.2) is 4.79 Å². The molecule has 0 spiro atoms. The van der Waals surface area contributed by atoms with Gasteiger partial charge in [0.15, 0.2) is 28.8 Å². The second kappa shape index (κ2) is 11.7. The Morgan fingerprint density at radius 1 is 0.846 bits per heavy atom. The van der Waals surface area contributed by atoms with Crippen LogP contribution in [0.15, 0.2) is 52.9 Å². The van der Waals surface area contributed by atoms with E-state index in [1.807, 2.05) is 25.1 Å². The predicted octanol–water partition coefficient (Wildman–Crippen LogP) is 4.65. The van der Waals surface area contributed by atoms with Crippen LogP contribution in [-0.4, -0.2) is 53.9 Å². The van der Waals surface area contributed by atoms with Crippen LogP contribution in [0.1, 0.15) is 49.7 Å². The molecular formula is C30H35NO8. The Hall–Kier alpha value is -4.14. The Kier molecular flexibility index (Phi) is 8.38. The van der Waals surface area contributed by atoms with Crippen LogP contribution in [0.25, 0.3) is 0 Å². The van der Waals surface area contributed by atoms with E-state index < -0.39 is 11.9 Å². The smallest absolute Gasteiger partial charge is 0.336 e. The minimum atomic E-state index is -0.714. The average Bonchev–Trinajstić information content (AvgIpc) is 2.95. The molecule has 0 aromatic heterocycles. The zero-order valence-corrected chi connectivity index (χ0v) is 23.4. The van der Waals surface area contributed by atoms with Gasteiger partial charge in [0.25, 0.3) is 0 Å². The summed E-state index contributed by atoms with van der Waals surface area (Å²) in [5.74, 6) is 1.26. The summed E-state index contributed by atoms with van der Waals surface area (Å²) in [7, 11) is 7.79. The highest BCUT2D eigenvalue weighted by molar-refractivity contribution is 6.04. The largest absolute Gasteiger partial charge is 0.496 e. The van der Waals surface area contributed by atoms with Crippen LogP contribution in [0.4, 0.5) is 0 Å². The summed E-state index contributed by atoms with van der Waals surface area (Å²) < 4.78 is 33.1. The van der Waals surface area contributed by atoms with Crippen molar-refractivity contribution in [3.63, 3.8) is 0 Å². The lowest BCUT2D eigenvalue weighted by molar-refractivity contribution is -0.138. The minimum Gasteiger partial charge on any atom is -0.496 e. The van der Waals surface area contributed by atoms with Crippen LogP contribution in [0.3, 0.4) is 0 Å². The molecule has 4 rings (SSSR count).